The Kier molecular flexibility index (Phi) is 4.22. The van der Waals surface area contributed by atoms with Crippen LogP contribution in [-0.2, 0) is 10.0 Å². The lowest BCUT2D eigenvalue weighted by Crippen LogP contribution is -2.26. The Morgan fingerprint density at radius 1 is 1.19 bits per heavy atom. The summed E-state index contributed by atoms with van der Waals surface area (Å²) in [6, 6.07) is 9.99. The minimum atomic E-state index is -3.64. The predicted octanol–water partition coefficient (Wildman–Crippen LogP) is 3.13. The van der Waals surface area contributed by atoms with Crippen LogP contribution in [0.2, 0.25) is 0 Å². The second-order valence-corrected chi connectivity index (χ2v) is 8.75. The topological polar surface area (TPSA) is 88.2 Å². The number of sulfonamides is 1. The molecule has 6 nitrogen and oxygen atoms in total. The molecule has 0 radical (unpaired) electrons. The van der Waals surface area contributed by atoms with Crippen LogP contribution >= 0.6 is 11.3 Å². The van der Waals surface area contributed by atoms with Crippen LogP contribution in [0.15, 0.2) is 47.4 Å². The highest BCUT2D eigenvalue weighted by molar-refractivity contribution is 7.89. The maximum Gasteiger partial charge on any atom is 0.257 e. The van der Waals surface area contributed by atoms with Crippen LogP contribution in [-0.4, -0.2) is 25.4 Å². The van der Waals surface area contributed by atoms with E-state index in [1.54, 1.807) is 0 Å². The Morgan fingerprint density at radius 3 is 2.77 bits per heavy atom. The van der Waals surface area contributed by atoms with E-state index in [9.17, 15) is 17.6 Å². The Labute approximate surface area is 153 Å². The number of aromatic nitrogens is 1. The molecule has 0 saturated heterocycles. The van der Waals surface area contributed by atoms with Gasteiger partial charge >= 0.3 is 0 Å². The van der Waals surface area contributed by atoms with Crippen LogP contribution in [0.5, 0.6) is 0 Å². The number of halogens is 1. The maximum atomic E-state index is 13.3. The average Bonchev–Trinajstić information content (AvgIpc) is 3.31. The van der Waals surface area contributed by atoms with Crippen LogP contribution < -0.4 is 10.0 Å². The molecule has 134 valence electrons. The maximum absolute atomic E-state index is 13.3. The summed E-state index contributed by atoms with van der Waals surface area (Å²) in [6.07, 6.45) is 1.66. The van der Waals surface area contributed by atoms with Gasteiger partial charge in [0.1, 0.15) is 5.82 Å². The molecule has 2 aromatic carbocycles. The van der Waals surface area contributed by atoms with E-state index in [0.29, 0.717) is 15.3 Å². The van der Waals surface area contributed by atoms with Crippen molar-refractivity contribution >= 4 is 42.6 Å². The van der Waals surface area contributed by atoms with Gasteiger partial charge in [-0.05, 0) is 49.2 Å². The van der Waals surface area contributed by atoms with Gasteiger partial charge in [0.15, 0.2) is 5.13 Å². The number of rotatable bonds is 5. The smallest absolute Gasteiger partial charge is 0.257 e. The molecule has 26 heavy (non-hydrogen) atoms. The van der Waals surface area contributed by atoms with Gasteiger partial charge in [-0.3, -0.25) is 10.1 Å². The van der Waals surface area contributed by atoms with Crippen molar-refractivity contribution in [2.45, 2.75) is 23.8 Å². The van der Waals surface area contributed by atoms with Crippen molar-refractivity contribution in [3.05, 3.63) is 53.8 Å². The number of carbonyl (C=O) groups excluding carboxylic acids is 1. The fraction of sp³-hybridized carbons (Fsp3) is 0.176. The number of anilines is 1. The van der Waals surface area contributed by atoms with Crippen LogP contribution in [0.25, 0.3) is 10.2 Å². The molecule has 0 unspecified atom stereocenters. The van der Waals surface area contributed by atoms with E-state index < -0.39 is 15.9 Å². The van der Waals surface area contributed by atoms with Crippen molar-refractivity contribution in [2.24, 2.45) is 0 Å². The number of amides is 1. The largest absolute Gasteiger partial charge is 0.298 e. The van der Waals surface area contributed by atoms with Gasteiger partial charge in [-0.2, -0.15) is 0 Å². The minimum absolute atomic E-state index is 0.0133. The number of nitrogens with zero attached hydrogens (tertiary/aromatic N) is 1. The number of benzene rings is 2. The van der Waals surface area contributed by atoms with Crippen molar-refractivity contribution in [3.8, 4) is 0 Å². The van der Waals surface area contributed by atoms with Crippen molar-refractivity contribution in [2.75, 3.05) is 5.32 Å². The molecule has 1 heterocycles. The molecule has 1 aliphatic rings. The summed E-state index contributed by atoms with van der Waals surface area (Å²) in [6.45, 7) is 0. The molecule has 1 aliphatic carbocycles. The second kappa shape index (κ2) is 6.42. The summed E-state index contributed by atoms with van der Waals surface area (Å²) in [5.41, 5.74) is 0.783. The molecule has 9 heteroatoms. The summed E-state index contributed by atoms with van der Waals surface area (Å²) in [7, 11) is -3.64. The first kappa shape index (κ1) is 17.1. The van der Waals surface area contributed by atoms with Gasteiger partial charge in [-0.1, -0.05) is 17.4 Å². The molecule has 2 N–H and O–H groups in total. The second-order valence-electron chi connectivity index (χ2n) is 6.01. The number of hydrogen-bond donors (Lipinski definition) is 2. The van der Waals surface area contributed by atoms with Gasteiger partial charge in [-0.25, -0.2) is 22.5 Å². The number of hydrogen-bond acceptors (Lipinski definition) is 5. The fourth-order valence-electron chi connectivity index (χ4n) is 2.41. The zero-order valence-corrected chi connectivity index (χ0v) is 15.0. The molecular formula is C17H14FN3O3S2. The van der Waals surface area contributed by atoms with E-state index in [-0.39, 0.29) is 22.3 Å². The third kappa shape index (κ3) is 3.59. The highest BCUT2D eigenvalue weighted by Crippen LogP contribution is 2.27. The molecule has 1 aromatic heterocycles. The Hall–Kier alpha value is -2.36. The van der Waals surface area contributed by atoms with E-state index in [4.69, 9.17) is 0 Å². The monoisotopic (exact) mass is 391 g/mol. The lowest BCUT2D eigenvalue weighted by atomic mass is 10.2. The number of fused-ring (bicyclic) bond motifs is 1. The van der Waals surface area contributed by atoms with Crippen LogP contribution in [0.1, 0.15) is 23.2 Å². The number of carbonyl (C=O) groups is 1. The van der Waals surface area contributed by atoms with E-state index in [1.165, 1.54) is 42.5 Å². The highest BCUT2D eigenvalue weighted by Gasteiger charge is 2.28. The number of nitrogens with one attached hydrogen (secondary N) is 2. The van der Waals surface area contributed by atoms with Crippen molar-refractivity contribution in [1.82, 2.24) is 9.71 Å². The van der Waals surface area contributed by atoms with Gasteiger partial charge in [0, 0.05) is 11.6 Å². The van der Waals surface area contributed by atoms with E-state index in [1.807, 2.05) is 0 Å². The van der Waals surface area contributed by atoms with Crippen molar-refractivity contribution < 1.29 is 17.6 Å². The predicted molar refractivity (Wildman–Crippen MR) is 97.3 cm³/mol. The third-order valence-electron chi connectivity index (χ3n) is 3.88. The van der Waals surface area contributed by atoms with Crippen LogP contribution in [0.3, 0.4) is 0 Å². The summed E-state index contributed by atoms with van der Waals surface area (Å²) in [5.74, 6) is -0.854. The van der Waals surface area contributed by atoms with Crippen LogP contribution in [0, 0.1) is 5.82 Å². The SMILES string of the molecule is O=C(Nc1nc2ccc(F)cc2s1)c1cccc(S(=O)(=O)NC2CC2)c1. The Morgan fingerprint density at radius 2 is 2.00 bits per heavy atom. The first-order valence-corrected chi connectivity index (χ1v) is 10.2. The normalized spacial score (nSPS) is 14.5. The highest BCUT2D eigenvalue weighted by atomic mass is 32.2. The first-order chi connectivity index (χ1) is 12.4. The van der Waals surface area contributed by atoms with E-state index in [2.05, 4.69) is 15.0 Å². The summed E-state index contributed by atoms with van der Waals surface area (Å²) < 4.78 is 41.0. The molecule has 3 aromatic rings. The van der Waals surface area contributed by atoms with Gasteiger partial charge in [-0.15, -0.1) is 0 Å². The van der Waals surface area contributed by atoms with E-state index >= 15 is 0 Å². The van der Waals surface area contributed by atoms with Gasteiger partial charge in [0.2, 0.25) is 10.0 Å². The van der Waals surface area contributed by atoms with Crippen molar-refractivity contribution in [1.29, 1.82) is 0 Å². The van der Waals surface area contributed by atoms with Gasteiger partial charge in [0.25, 0.3) is 5.91 Å². The molecule has 1 amide bonds. The standard InChI is InChI=1S/C17H14FN3O3S2/c18-11-4-7-14-15(9-11)25-17(19-14)20-16(22)10-2-1-3-13(8-10)26(23,24)21-12-5-6-12/h1-4,7-9,12,21H,5-6H2,(H,19,20,22). The van der Waals surface area contributed by atoms with Gasteiger partial charge < -0.3 is 0 Å². The molecule has 0 atom stereocenters. The third-order valence-corrected chi connectivity index (χ3v) is 6.33. The summed E-state index contributed by atoms with van der Waals surface area (Å²) in [5, 5.41) is 2.95. The molecule has 0 aliphatic heterocycles. The van der Waals surface area contributed by atoms with E-state index in [0.717, 1.165) is 24.2 Å². The molecule has 4 rings (SSSR count). The van der Waals surface area contributed by atoms with Crippen LogP contribution in [0.4, 0.5) is 9.52 Å². The minimum Gasteiger partial charge on any atom is -0.298 e. The molecule has 0 spiro atoms. The summed E-state index contributed by atoms with van der Waals surface area (Å²) in [4.78, 5) is 16.7. The average molecular weight is 391 g/mol. The lowest BCUT2D eigenvalue weighted by Gasteiger charge is -2.07. The van der Waals surface area contributed by atoms with Gasteiger partial charge in [0.05, 0.1) is 15.1 Å². The Balaban J connectivity index is 1.56. The zero-order chi connectivity index (χ0) is 18.3. The number of thiazole rings is 1. The fourth-order valence-corrected chi connectivity index (χ4v) is 4.65. The molecule has 1 fully saturated rings. The molecule has 0 bridgehead atoms. The summed E-state index contributed by atoms with van der Waals surface area (Å²) >= 11 is 1.15. The lowest BCUT2D eigenvalue weighted by molar-refractivity contribution is 0.102. The van der Waals surface area contributed by atoms with Crippen molar-refractivity contribution in [3.63, 3.8) is 0 Å². The molecule has 1 saturated carbocycles. The zero-order valence-electron chi connectivity index (χ0n) is 13.4. The Bertz CT molecular complexity index is 1110. The quantitative estimate of drug-likeness (QED) is 0.699. The molecular weight excluding hydrogens is 377 g/mol. The first-order valence-electron chi connectivity index (χ1n) is 7.90.